The number of hydrogen-bond acceptors (Lipinski definition) is 6. The molecular formula is C21H28N4OS. The molecule has 1 aromatic carbocycles. The molecule has 1 aliphatic rings. The number of allylic oxidation sites excluding steroid dienone is 1. The van der Waals surface area contributed by atoms with Crippen molar-refractivity contribution in [1.29, 1.82) is 0 Å². The van der Waals surface area contributed by atoms with Crippen molar-refractivity contribution in [2.24, 2.45) is 0 Å². The van der Waals surface area contributed by atoms with Crippen molar-refractivity contribution in [2.75, 3.05) is 32.5 Å². The van der Waals surface area contributed by atoms with Gasteiger partial charge in [0, 0.05) is 11.9 Å². The highest BCUT2D eigenvalue weighted by Crippen LogP contribution is 2.24. The molecule has 0 fully saturated rings. The lowest BCUT2D eigenvalue weighted by Crippen LogP contribution is -2.28. The van der Waals surface area contributed by atoms with Gasteiger partial charge in [-0.25, -0.2) is 4.98 Å². The molecule has 0 bridgehead atoms. The average molecular weight is 385 g/mol. The van der Waals surface area contributed by atoms with Gasteiger partial charge in [-0.3, -0.25) is 0 Å². The lowest BCUT2D eigenvalue weighted by Gasteiger charge is -2.22. The second kappa shape index (κ2) is 9.58. The van der Waals surface area contributed by atoms with Gasteiger partial charge in [-0.15, -0.1) is 11.3 Å². The van der Waals surface area contributed by atoms with Crippen molar-refractivity contribution in [1.82, 2.24) is 15.2 Å². The van der Waals surface area contributed by atoms with Crippen LogP contribution in [0.25, 0.3) is 0 Å². The Hall–Kier alpha value is -2.31. The molecule has 0 radical (unpaired) electrons. The smallest absolute Gasteiger partial charge is 0.188 e. The zero-order chi connectivity index (χ0) is 19.1. The summed E-state index contributed by atoms with van der Waals surface area (Å²) in [7, 11) is 4.24. The molecule has 0 spiro atoms. The predicted octanol–water partition coefficient (Wildman–Crippen LogP) is 4.37. The summed E-state index contributed by atoms with van der Waals surface area (Å²) in [5.74, 6) is 2.50. The minimum atomic E-state index is 0.808. The summed E-state index contributed by atoms with van der Waals surface area (Å²) in [5.41, 5.74) is 2.38. The summed E-state index contributed by atoms with van der Waals surface area (Å²) in [6, 6.07) is 9.89. The Kier molecular flexibility index (Phi) is 6.90. The summed E-state index contributed by atoms with van der Waals surface area (Å²) < 4.78 is 6.17. The van der Waals surface area contributed by atoms with Crippen molar-refractivity contribution in [2.45, 2.75) is 26.2 Å². The van der Waals surface area contributed by atoms with E-state index in [1.165, 1.54) is 18.4 Å². The Labute approximate surface area is 165 Å². The van der Waals surface area contributed by atoms with Crippen LogP contribution in [0, 0.1) is 6.92 Å². The van der Waals surface area contributed by atoms with E-state index in [2.05, 4.69) is 40.7 Å². The molecule has 2 aromatic rings. The molecule has 0 saturated heterocycles. The molecule has 0 amide bonds. The zero-order valence-electron chi connectivity index (χ0n) is 16.3. The zero-order valence-corrected chi connectivity index (χ0v) is 17.1. The summed E-state index contributed by atoms with van der Waals surface area (Å²) in [6.45, 7) is 3.95. The first kappa shape index (κ1) is 19.5. The standard InChI is InChI=1S/C21H28N4OS/c1-16-15-27-21(23-16)24-20-19(26-18-10-5-4-6-11-18)13-17(14-22-20)9-7-8-12-25(2)3/h4-6,10-11,13,15,22H,7-9,12,14H2,1-3H3,(H,23,24). The fourth-order valence-corrected chi connectivity index (χ4v) is 3.55. The molecule has 2 heterocycles. The maximum absolute atomic E-state index is 6.17. The second-order valence-electron chi connectivity index (χ2n) is 6.99. The third-order valence-corrected chi connectivity index (χ3v) is 5.12. The molecule has 0 atom stereocenters. The number of hydrogen-bond donors (Lipinski definition) is 2. The lowest BCUT2D eigenvalue weighted by molar-refractivity contribution is 0.393. The maximum Gasteiger partial charge on any atom is 0.188 e. The quantitative estimate of drug-likeness (QED) is 0.629. The van der Waals surface area contributed by atoms with Crippen molar-refractivity contribution in [3.05, 3.63) is 64.6 Å². The van der Waals surface area contributed by atoms with E-state index in [1.807, 2.05) is 42.6 Å². The molecule has 144 valence electrons. The SMILES string of the molecule is Cc1csc(NC2=C(Oc3ccccc3)C=C(CCCCN(C)C)CN2)n1. The number of rotatable bonds is 9. The van der Waals surface area contributed by atoms with Gasteiger partial charge in [-0.05, 0) is 70.6 Å². The first-order chi connectivity index (χ1) is 13.1. The van der Waals surface area contributed by atoms with Crippen LogP contribution in [-0.4, -0.2) is 37.1 Å². The summed E-state index contributed by atoms with van der Waals surface area (Å²) in [4.78, 5) is 6.73. The van der Waals surface area contributed by atoms with Gasteiger partial charge >= 0.3 is 0 Å². The average Bonchev–Trinajstić information content (AvgIpc) is 3.06. The molecule has 0 unspecified atom stereocenters. The fraction of sp³-hybridized carbons (Fsp3) is 0.381. The minimum Gasteiger partial charge on any atom is -0.454 e. The normalized spacial score (nSPS) is 14.1. The molecule has 2 N–H and O–H groups in total. The van der Waals surface area contributed by atoms with Crippen LogP contribution in [0.5, 0.6) is 5.75 Å². The maximum atomic E-state index is 6.17. The molecule has 1 aliphatic heterocycles. The molecule has 27 heavy (non-hydrogen) atoms. The Morgan fingerprint density at radius 1 is 1.22 bits per heavy atom. The van der Waals surface area contributed by atoms with Gasteiger partial charge < -0.3 is 20.3 Å². The van der Waals surface area contributed by atoms with E-state index in [4.69, 9.17) is 4.74 Å². The number of nitrogens with one attached hydrogen (secondary N) is 2. The Morgan fingerprint density at radius 3 is 2.74 bits per heavy atom. The lowest BCUT2D eigenvalue weighted by atomic mass is 10.1. The van der Waals surface area contributed by atoms with Crippen LogP contribution in [0.4, 0.5) is 5.13 Å². The van der Waals surface area contributed by atoms with Crippen LogP contribution in [-0.2, 0) is 0 Å². The van der Waals surface area contributed by atoms with E-state index in [9.17, 15) is 0 Å². The highest BCUT2D eigenvalue weighted by Gasteiger charge is 2.16. The first-order valence-electron chi connectivity index (χ1n) is 9.34. The van der Waals surface area contributed by atoms with E-state index in [0.717, 1.165) is 47.7 Å². The van der Waals surface area contributed by atoms with Gasteiger partial charge in [0.25, 0.3) is 0 Å². The van der Waals surface area contributed by atoms with Crippen LogP contribution < -0.4 is 15.4 Å². The highest BCUT2D eigenvalue weighted by molar-refractivity contribution is 7.13. The first-order valence-corrected chi connectivity index (χ1v) is 10.2. The Balaban J connectivity index is 1.73. The van der Waals surface area contributed by atoms with Crippen LogP contribution in [0.15, 0.2) is 58.9 Å². The van der Waals surface area contributed by atoms with Gasteiger partial charge in [0.15, 0.2) is 10.9 Å². The number of dihydropyridines is 1. The van der Waals surface area contributed by atoms with Crippen molar-refractivity contribution in [3.8, 4) is 5.75 Å². The van der Waals surface area contributed by atoms with Gasteiger partial charge in [-0.2, -0.15) is 0 Å². The van der Waals surface area contributed by atoms with Crippen molar-refractivity contribution < 1.29 is 4.74 Å². The number of aryl methyl sites for hydroxylation is 1. The number of nitrogens with zero attached hydrogens (tertiary/aromatic N) is 2. The number of benzene rings is 1. The van der Waals surface area contributed by atoms with Crippen molar-refractivity contribution in [3.63, 3.8) is 0 Å². The number of aromatic nitrogens is 1. The predicted molar refractivity (Wildman–Crippen MR) is 113 cm³/mol. The molecule has 6 heteroatoms. The van der Waals surface area contributed by atoms with Crippen LogP contribution in [0.3, 0.4) is 0 Å². The third kappa shape index (κ3) is 6.12. The Morgan fingerprint density at radius 2 is 2.04 bits per heavy atom. The van der Waals surface area contributed by atoms with E-state index >= 15 is 0 Å². The molecule has 5 nitrogen and oxygen atoms in total. The van der Waals surface area contributed by atoms with Crippen LogP contribution in [0.2, 0.25) is 0 Å². The number of thiazole rings is 1. The molecule has 0 aliphatic carbocycles. The fourth-order valence-electron chi connectivity index (χ4n) is 2.86. The number of anilines is 1. The molecular weight excluding hydrogens is 356 g/mol. The Bertz CT molecular complexity index is 796. The van der Waals surface area contributed by atoms with Crippen LogP contribution >= 0.6 is 11.3 Å². The van der Waals surface area contributed by atoms with Gasteiger partial charge in [-0.1, -0.05) is 18.2 Å². The minimum absolute atomic E-state index is 0.808. The van der Waals surface area contributed by atoms with Crippen molar-refractivity contribution >= 4 is 16.5 Å². The molecule has 3 rings (SSSR count). The summed E-state index contributed by atoms with van der Waals surface area (Å²) >= 11 is 1.59. The number of unbranched alkanes of at least 4 members (excludes halogenated alkanes) is 1. The van der Waals surface area contributed by atoms with Gasteiger partial charge in [0.05, 0.1) is 5.69 Å². The third-order valence-electron chi connectivity index (χ3n) is 4.25. The number of para-hydroxylation sites is 1. The monoisotopic (exact) mass is 384 g/mol. The largest absolute Gasteiger partial charge is 0.454 e. The second-order valence-corrected chi connectivity index (χ2v) is 7.85. The van der Waals surface area contributed by atoms with E-state index in [1.54, 1.807) is 11.3 Å². The van der Waals surface area contributed by atoms with E-state index in [0.29, 0.717) is 0 Å². The van der Waals surface area contributed by atoms with Gasteiger partial charge in [0.1, 0.15) is 11.6 Å². The topological polar surface area (TPSA) is 49.4 Å². The number of ether oxygens (including phenoxy) is 1. The van der Waals surface area contributed by atoms with E-state index in [-0.39, 0.29) is 0 Å². The summed E-state index contributed by atoms with van der Waals surface area (Å²) in [6.07, 6.45) is 5.62. The highest BCUT2D eigenvalue weighted by atomic mass is 32.1. The van der Waals surface area contributed by atoms with Crippen LogP contribution in [0.1, 0.15) is 25.0 Å². The van der Waals surface area contributed by atoms with E-state index < -0.39 is 0 Å². The summed E-state index contributed by atoms with van der Waals surface area (Å²) in [5, 5.41) is 9.76. The molecule has 0 saturated carbocycles. The molecule has 1 aromatic heterocycles. The van der Waals surface area contributed by atoms with Gasteiger partial charge in [0.2, 0.25) is 0 Å².